The highest BCUT2D eigenvalue weighted by atomic mass is 35.5. The average molecular weight is 227 g/mol. The van der Waals surface area contributed by atoms with Crippen LogP contribution in [-0.2, 0) is 4.79 Å². The fourth-order valence-corrected chi connectivity index (χ4v) is 2.12. The first-order valence-electron chi connectivity index (χ1n) is 4.28. The molecule has 0 radical (unpaired) electrons. The molecule has 0 bridgehead atoms. The Balaban J connectivity index is 0.000000720. The van der Waals surface area contributed by atoms with Crippen LogP contribution in [0, 0.1) is 5.41 Å². The van der Waals surface area contributed by atoms with Crippen LogP contribution in [0.15, 0.2) is 0 Å². The predicted molar refractivity (Wildman–Crippen MR) is 56.7 cm³/mol. The van der Waals surface area contributed by atoms with E-state index < -0.39 is 0 Å². The Bertz CT molecular complexity index is 181. The molecule has 2 rings (SSSR count). The minimum absolute atomic E-state index is 0. The van der Waals surface area contributed by atoms with Gasteiger partial charge in [-0.05, 0) is 24.8 Å². The van der Waals surface area contributed by atoms with Crippen molar-refractivity contribution in [3.05, 3.63) is 0 Å². The van der Waals surface area contributed by atoms with E-state index in [1.807, 2.05) is 0 Å². The minimum Gasteiger partial charge on any atom is -0.356 e. The van der Waals surface area contributed by atoms with Crippen molar-refractivity contribution in [2.45, 2.75) is 19.3 Å². The molecule has 0 saturated carbocycles. The summed E-state index contributed by atoms with van der Waals surface area (Å²) >= 11 is 0. The molecule has 78 valence electrons. The molecule has 5 heteroatoms. The van der Waals surface area contributed by atoms with Crippen LogP contribution in [0.4, 0.5) is 0 Å². The van der Waals surface area contributed by atoms with Gasteiger partial charge in [0.15, 0.2) is 0 Å². The van der Waals surface area contributed by atoms with Crippen molar-refractivity contribution in [3.63, 3.8) is 0 Å². The van der Waals surface area contributed by atoms with E-state index in [9.17, 15) is 4.79 Å². The smallest absolute Gasteiger partial charge is 0.220 e. The number of rotatable bonds is 0. The zero-order valence-corrected chi connectivity index (χ0v) is 9.10. The first kappa shape index (κ1) is 13.0. The monoisotopic (exact) mass is 226 g/mol. The Hall–Kier alpha value is 0.01000. The van der Waals surface area contributed by atoms with Gasteiger partial charge in [-0.1, -0.05) is 0 Å². The Labute approximate surface area is 90.8 Å². The fourth-order valence-electron chi connectivity index (χ4n) is 2.12. The summed E-state index contributed by atoms with van der Waals surface area (Å²) in [4.78, 5) is 11.1. The van der Waals surface area contributed by atoms with E-state index in [-0.39, 0.29) is 30.7 Å². The molecule has 2 N–H and O–H groups in total. The van der Waals surface area contributed by atoms with Gasteiger partial charge in [0, 0.05) is 19.5 Å². The lowest BCUT2D eigenvalue weighted by atomic mass is 9.78. The Morgan fingerprint density at radius 3 is 2.38 bits per heavy atom. The normalized spacial score (nSPS) is 31.8. The van der Waals surface area contributed by atoms with Gasteiger partial charge in [0.1, 0.15) is 0 Å². The number of amides is 1. The molecular weight excluding hydrogens is 211 g/mol. The predicted octanol–water partition coefficient (Wildman–Crippen LogP) is 0.720. The standard InChI is InChI=1S/C8H14N2O.2ClH/c11-7-5-8(2-4-10-7)1-3-9-6-8;;/h9H,1-6H2,(H,10,11);2*1H. The molecule has 0 aliphatic carbocycles. The van der Waals surface area contributed by atoms with E-state index in [1.54, 1.807) is 0 Å². The SMILES string of the molecule is Cl.Cl.O=C1CC2(CCNC2)CCN1. The lowest BCUT2D eigenvalue weighted by molar-refractivity contribution is -0.125. The number of piperidine rings is 1. The molecule has 1 spiro atoms. The van der Waals surface area contributed by atoms with Crippen molar-refractivity contribution < 1.29 is 4.79 Å². The van der Waals surface area contributed by atoms with Gasteiger partial charge in [-0.3, -0.25) is 4.79 Å². The molecule has 1 atom stereocenters. The van der Waals surface area contributed by atoms with Gasteiger partial charge in [0.2, 0.25) is 5.91 Å². The number of carbonyl (C=O) groups excluding carboxylic acids is 1. The molecule has 2 aliphatic rings. The van der Waals surface area contributed by atoms with Gasteiger partial charge >= 0.3 is 0 Å². The molecule has 0 aromatic rings. The van der Waals surface area contributed by atoms with Crippen LogP contribution in [0.25, 0.3) is 0 Å². The summed E-state index contributed by atoms with van der Waals surface area (Å²) < 4.78 is 0. The van der Waals surface area contributed by atoms with Crippen LogP contribution in [0.5, 0.6) is 0 Å². The van der Waals surface area contributed by atoms with Gasteiger partial charge < -0.3 is 10.6 Å². The molecule has 2 aliphatic heterocycles. The average Bonchev–Trinajstić information content (AvgIpc) is 2.37. The maximum atomic E-state index is 11.1. The number of hydrogen-bond donors (Lipinski definition) is 2. The van der Waals surface area contributed by atoms with Gasteiger partial charge in [-0.15, -0.1) is 24.8 Å². The fraction of sp³-hybridized carbons (Fsp3) is 0.875. The van der Waals surface area contributed by atoms with Gasteiger partial charge in [0.25, 0.3) is 0 Å². The quantitative estimate of drug-likeness (QED) is 0.640. The molecule has 3 nitrogen and oxygen atoms in total. The van der Waals surface area contributed by atoms with Crippen LogP contribution in [0.3, 0.4) is 0 Å². The van der Waals surface area contributed by atoms with Gasteiger partial charge in [-0.25, -0.2) is 0 Å². The summed E-state index contributed by atoms with van der Waals surface area (Å²) in [6.07, 6.45) is 3.08. The highest BCUT2D eigenvalue weighted by Crippen LogP contribution is 2.34. The van der Waals surface area contributed by atoms with Crippen molar-refractivity contribution in [2.75, 3.05) is 19.6 Å². The van der Waals surface area contributed by atoms with Crippen LogP contribution in [0.2, 0.25) is 0 Å². The maximum absolute atomic E-state index is 11.1. The van der Waals surface area contributed by atoms with E-state index in [4.69, 9.17) is 0 Å². The first-order valence-corrected chi connectivity index (χ1v) is 4.28. The van der Waals surface area contributed by atoms with E-state index in [0.29, 0.717) is 5.41 Å². The van der Waals surface area contributed by atoms with Crippen LogP contribution in [-0.4, -0.2) is 25.5 Å². The summed E-state index contributed by atoms with van der Waals surface area (Å²) in [5.41, 5.74) is 0.322. The van der Waals surface area contributed by atoms with Crippen molar-refractivity contribution in [3.8, 4) is 0 Å². The third kappa shape index (κ3) is 2.73. The summed E-state index contributed by atoms with van der Waals surface area (Å²) in [5, 5.41) is 6.19. The summed E-state index contributed by atoms with van der Waals surface area (Å²) in [6, 6.07) is 0. The second kappa shape index (κ2) is 5.03. The number of hydrogen-bond acceptors (Lipinski definition) is 2. The topological polar surface area (TPSA) is 41.1 Å². The highest BCUT2D eigenvalue weighted by Gasteiger charge is 2.37. The minimum atomic E-state index is 0. The van der Waals surface area contributed by atoms with Gasteiger partial charge in [0.05, 0.1) is 0 Å². The Morgan fingerprint density at radius 2 is 1.85 bits per heavy atom. The lowest BCUT2D eigenvalue weighted by Gasteiger charge is -2.31. The molecular formula is C8H16Cl2N2O. The summed E-state index contributed by atoms with van der Waals surface area (Å²) in [7, 11) is 0. The largest absolute Gasteiger partial charge is 0.356 e. The third-order valence-electron chi connectivity index (χ3n) is 2.85. The van der Waals surface area contributed by atoms with Crippen LogP contribution >= 0.6 is 24.8 Å². The molecule has 2 saturated heterocycles. The van der Waals surface area contributed by atoms with Gasteiger partial charge in [-0.2, -0.15) is 0 Å². The van der Waals surface area contributed by atoms with Crippen molar-refractivity contribution in [2.24, 2.45) is 5.41 Å². The molecule has 1 amide bonds. The number of carbonyl (C=O) groups is 1. The van der Waals surface area contributed by atoms with E-state index in [0.717, 1.165) is 32.5 Å². The molecule has 13 heavy (non-hydrogen) atoms. The zero-order chi connectivity index (χ0) is 7.73. The van der Waals surface area contributed by atoms with E-state index in [1.165, 1.54) is 6.42 Å². The Kier molecular flexibility index (Phi) is 5.04. The molecule has 1 unspecified atom stereocenters. The van der Waals surface area contributed by atoms with E-state index >= 15 is 0 Å². The third-order valence-corrected chi connectivity index (χ3v) is 2.85. The number of nitrogens with one attached hydrogen (secondary N) is 2. The second-order valence-corrected chi connectivity index (χ2v) is 3.70. The van der Waals surface area contributed by atoms with Crippen molar-refractivity contribution in [1.29, 1.82) is 0 Å². The van der Waals surface area contributed by atoms with Crippen LogP contribution < -0.4 is 10.6 Å². The zero-order valence-electron chi connectivity index (χ0n) is 7.47. The molecule has 2 fully saturated rings. The van der Waals surface area contributed by atoms with Crippen molar-refractivity contribution in [1.82, 2.24) is 10.6 Å². The van der Waals surface area contributed by atoms with E-state index in [2.05, 4.69) is 10.6 Å². The molecule has 0 aromatic heterocycles. The van der Waals surface area contributed by atoms with Crippen molar-refractivity contribution >= 4 is 30.7 Å². The Morgan fingerprint density at radius 1 is 1.15 bits per heavy atom. The second-order valence-electron chi connectivity index (χ2n) is 3.70. The molecule has 0 aromatic carbocycles. The lowest BCUT2D eigenvalue weighted by Crippen LogP contribution is -2.41. The van der Waals surface area contributed by atoms with Crippen LogP contribution in [0.1, 0.15) is 19.3 Å². The maximum Gasteiger partial charge on any atom is 0.220 e. The first-order chi connectivity index (χ1) is 5.31. The summed E-state index contributed by atoms with van der Waals surface area (Å²) in [5.74, 6) is 0.236. The summed E-state index contributed by atoms with van der Waals surface area (Å²) in [6.45, 7) is 3.01. The number of halogens is 2. The molecule has 2 heterocycles. The highest BCUT2D eigenvalue weighted by molar-refractivity contribution is 5.85.